The molecule has 23 heavy (non-hydrogen) atoms. The van der Waals surface area contributed by atoms with Crippen LogP contribution in [0.2, 0.25) is 0 Å². The third-order valence-electron chi connectivity index (χ3n) is 3.12. The van der Waals surface area contributed by atoms with E-state index in [-0.39, 0.29) is 5.69 Å². The van der Waals surface area contributed by atoms with Crippen molar-refractivity contribution < 1.29 is 18.0 Å². The zero-order valence-electron chi connectivity index (χ0n) is 11.8. The van der Waals surface area contributed by atoms with E-state index in [0.29, 0.717) is 17.0 Å². The number of hydrogen-bond acceptors (Lipinski definition) is 2. The lowest BCUT2D eigenvalue weighted by molar-refractivity contribution is 0.262. The molecule has 1 heterocycles. The summed E-state index contributed by atoms with van der Waals surface area (Å²) in [5.74, 6) is -0.504. The Kier molecular flexibility index (Phi) is 4.05. The van der Waals surface area contributed by atoms with Crippen LogP contribution in [-0.2, 0) is 0 Å². The molecule has 0 aliphatic rings. The van der Waals surface area contributed by atoms with Crippen LogP contribution >= 0.6 is 0 Å². The summed E-state index contributed by atoms with van der Waals surface area (Å²) in [6.45, 7) is 0. The maximum atomic E-state index is 14.1. The molecule has 1 aromatic heterocycles. The predicted octanol–water partition coefficient (Wildman–Crippen LogP) is 4.87. The highest BCUT2D eigenvalue weighted by atomic mass is 19.1. The van der Waals surface area contributed by atoms with Gasteiger partial charge >= 0.3 is 6.03 Å². The first-order valence-corrected chi connectivity index (χ1v) is 6.79. The van der Waals surface area contributed by atoms with Crippen LogP contribution < -0.4 is 10.6 Å². The van der Waals surface area contributed by atoms with E-state index in [9.17, 15) is 13.6 Å². The quantitative estimate of drug-likeness (QED) is 0.724. The summed E-state index contributed by atoms with van der Waals surface area (Å²) in [5.41, 5.74) is 1.02. The first kappa shape index (κ1) is 14.8. The second-order valence-electron chi connectivity index (χ2n) is 4.76. The number of anilines is 2. The molecular formula is C17H12F2N2O2. The van der Waals surface area contributed by atoms with Crippen LogP contribution in [0.5, 0.6) is 0 Å². The number of nitrogens with one attached hydrogen (secondary N) is 2. The molecule has 0 unspecified atom stereocenters. The van der Waals surface area contributed by atoms with Crippen LogP contribution in [-0.4, -0.2) is 6.03 Å². The third kappa shape index (κ3) is 3.55. The minimum atomic E-state index is -0.554. The number of benzene rings is 2. The van der Waals surface area contributed by atoms with Crippen molar-refractivity contribution in [1.29, 1.82) is 0 Å². The van der Waals surface area contributed by atoms with E-state index in [0.717, 1.165) is 0 Å². The minimum absolute atomic E-state index is 0.289. The monoisotopic (exact) mass is 314 g/mol. The lowest BCUT2D eigenvalue weighted by atomic mass is 10.1. The van der Waals surface area contributed by atoms with Crippen LogP contribution in [0.1, 0.15) is 0 Å². The zero-order chi connectivity index (χ0) is 16.2. The summed E-state index contributed by atoms with van der Waals surface area (Å²) in [4.78, 5) is 11.8. The second kappa shape index (κ2) is 6.31. The van der Waals surface area contributed by atoms with E-state index in [2.05, 4.69) is 10.6 Å². The molecule has 6 heteroatoms. The van der Waals surface area contributed by atoms with Gasteiger partial charge in [0.2, 0.25) is 0 Å². The Morgan fingerprint density at radius 2 is 1.61 bits per heavy atom. The number of hydrogen-bond donors (Lipinski definition) is 2. The zero-order valence-corrected chi connectivity index (χ0v) is 11.8. The van der Waals surface area contributed by atoms with E-state index in [1.165, 1.54) is 42.7 Å². The minimum Gasteiger partial charge on any atom is -0.464 e. The van der Waals surface area contributed by atoms with Crippen molar-refractivity contribution >= 4 is 17.4 Å². The van der Waals surface area contributed by atoms with Crippen molar-refractivity contribution in [3.63, 3.8) is 0 Å². The Balaban J connectivity index is 1.69. The van der Waals surface area contributed by atoms with Gasteiger partial charge in [-0.3, -0.25) is 0 Å². The number of furan rings is 1. The van der Waals surface area contributed by atoms with Crippen molar-refractivity contribution in [2.24, 2.45) is 0 Å². The van der Waals surface area contributed by atoms with Gasteiger partial charge in [-0.05, 0) is 54.6 Å². The first-order valence-electron chi connectivity index (χ1n) is 6.79. The number of rotatable bonds is 3. The Labute approximate surface area is 130 Å². The van der Waals surface area contributed by atoms with E-state index in [4.69, 9.17) is 4.42 Å². The van der Waals surface area contributed by atoms with Crippen LogP contribution in [0.3, 0.4) is 0 Å². The predicted molar refractivity (Wildman–Crippen MR) is 83.1 cm³/mol. The summed E-state index contributed by atoms with van der Waals surface area (Å²) >= 11 is 0. The maximum absolute atomic E-state index is 14.1. The van der Waals surface area contributed by atoms with Crippen LogP contribution in [0.4, 0.5) is 25.0 Å². The number of amides is 2. The van der Waals surface area contributed by atoms with Gasteiger partial charge in [0, 0.05) is 11.4 Å². The second-order valence-corrected chi connectivity index (χ2v) is 4.76. The maximum Gasteiger partial charge on any atom is 0.323 e. The van der Waals surface area contributed by atoms with Crippen molar-refractivity contribution in [2.75, 3.05) is 10.6 Å². The molecule has 2 N–H and O–H groups in total. The van der Waals surface area contributed by atoms with Gasteiger partial charge in [-0.15, -0.1) is 0 Å². The van der Waals surface area contributed by atoms with E-state index in [1.807, 2.05) is 0 Å². The van der Waals surface area contributed by atoms with Crippen molar-refractivity contribution in [3.05, 3.63) is 72.5 Å². The molecule has 3 aromatic rings. The van der Waals surface area contributed by atoms with Crippen LogP contribution in [0.25, 0.3) is 11.3 Å². The Bertz CT molecular complexity index is 815. The Morgan fingerprint density at radius 3 is 2.26 bits per heavy atom. The van der Waals surface area contributed by atoms with Gasteiger partial charge in [0.15, 0.2) is 0 Å². The van der Waals surface area contributed by atoms with E-state index >= 15 is 0 Å². The molecule has 116 valence electrons. The SMILES string of the molecule is O=C(Nc1ccc(F)cc1)Nc1ccc(-c2ccco2)c(F)c1. The molecule has 0 saturated heterocycles. The number of carbonyl (C=O) groups excluding carboxylic acids is 1. The van der Waals surface area contributed by atoms with Crippen molar-refractivity contribution in [3.8, 4) is 11.3 Å². The molecule has 4 nitrogen and oxygen atoms in total. The summed E-state index contributed by atoms with van der Waals surface area (Å²) < 4.78 is 32.0. The van der Waals surface area contributed by atoms with Gasteiger partial charge < -0.3 is 15.1 Å². The van der Waals surface area contributed by atoms with E-state index < -0.39 is 17.7 Å². The molecule has 2 aromatic carbocycles. The number of carbonyl (C=O) groups is 1. The Morgan fingerprint density at radius 1 is 0.913 bits per heavy atom. The normalized spacial score (nSPS) is 10.3. The highest BCUT2D eigenvalue weighted by Crippen LogP contribution is 2.25. The van der Waals surface area contributed by atoms with Gasteiger partial charge in [0.05, 0.1) is 11.8 Å². The summed E-state index contributed by atoms with van der Waals surface area (Å²) in [6, 6.07) is 12.3. The largest absolute Gasteiger partial charge is 0.464 e. The van der Waals surface area contributed by atoms with Crippen LogP contribution in [0, 0.1) is 11.6 Å². The van der Waals surface area contributed by atoms with Gasteiger partial charge in [-0.1, -0.05) is 0 Å². The molecule has 3 rings (SSSR count). The van der Waals surface area contributed by atoms with E-state index in [1.54, 1.807) is 18.2 Å². The molecule has 0 spiro atoms. The van der Waals surface area contributed by atoms with Gasteiger partial charge in [-0.2, -0.15) is 0 Å². The van der Waals surface area contributed by atoms with Gasteiger partial charge in [0.25, 0.3) is 0 Å². The molecule has 0 saturated carbocycles. The smallest absolute Gasteiger partial charge is 0.323 e. The standard InChI is InChI=1S/C17H12F2N2O2/c18-11-3-5-12(6-4-11)20-17(22)21-13-7-8-14(15(19)10-13)16-2-1-9-23-16/h1-10H,(H2,20,21,22). The molecule has 0 atom stereocenters. The average Bonchev–Trinajstić information content (AvgIpc) is 3.04. The highest BCUT2D eigenvalue weighted by Gasteiger charge is 2.10. The van der Waals surface area contributed by atoms with Gasteiger partial charge in [0.1, 0.15) is 17.4 Å². The molecule has 0 fully saturated rings. The highest BCUT2D eigenvalue weighted by molar-refractivity contribution is 5.99. The fourth-order valence-electron chi connectivity index (χ4n) is 2.05. The summed E-state index contributed by atoms with van der Waals surface area (Å²) in [5, 5.41) is 5.03. The molecule has 0 aliphatic carbocycles. The van der Waals surface area contributed by atoms with Gasteiger partial charge in [-0.25, -0.2) is 13.6 Å². The average molecular weight is 314 g/mol. The Hall–Kier alpha value is -3.15. The fourth-order valence-corrected chi connectivity index (χ4v) is 2.05. The first-order chi connectivity index (χ1) is 11.1. The lowest BCUT2D eigenvalue weighted by Gasteiger charge is -2.09. The molecule has 0 aliphatic heterocycles. The molecule has 0 radical (unpaired) electrons. The number of urea groups is 1. The summed E-state index contributed by atoms with van der Waals surface area (Å²) in [7, 11) is 0. The molecule has 0 bridgehead atoms. The van der Waals surface area contributed by atoms with Crippen LogP contribution in [0.15, 0.2) is 65.3 Å². The summed E-state index contributed by atoms with van der Waals surface area (Å²) in [6.07, 6.45) is 1.46. The lowest BCUT2D eigenvalue weighted by Crippen LogP contribution is -2.19. The fraction of sp³-hybridized carbons (Fsp3) is 0. The van der Waals surface area contributed by atoms with Crippen molar-refractivity contribution in [2.45, 2.75) is 0 Å². The molecular weight excluding hydrogens is 302 g/mol. The topological polar surface area (TPSA) is 54.3 Å². The van der Waals surface area contributed by atoms with Crippen molar-refractivity contribution in [1.82, 2.24) is 0 Å². The third-order valence-corrected chi connectivity index (χ3v) is 3.12. The molecule has 2 amide bonds. The number of halogens is 2.